The number of hydrogen-bond acceptors (Lipinski definition) is 2. The molecule has 1 N–H and O–H groups in total. The van der Waals surface area contributed by atoms with E-state index in [1.807, 2.05) is 12.1 Å². The lowest BCUT2D eigenvalue weighted by Gasteiger charge is -2.44. The van der Waals surface area contributed by atoms with E-state index >= 15 is 0 Å². The zero-order valence-corrected chi connectivity index (χ0v) is 12.4. The molecular weight excluding hydrogens is 236 g/mol. The lowest BCUT2D eigenvalue weighted by Crippen LogP contribution is -2.38. The van der Waals surface area contributed by atoms with Crippen molar-refractivity contribution in [3.05, 3.63) is 29.8 Å². The average Bonchev–Trinajstić information content (AvgIpc) is 2.41. The van der Waals surface area contributed by atoms with Crippen LogP contribution in [0, 0.1) is 17.3 Å². The van der Waals surface area contributed by atoms with E-state index in [0.717, 1.165) is 12.2 Å². The molecule has 0 aliphatic heterocycles. The lowest BCUT2D eigenvalue weighted by atomic mass is 9.62. The van der Waals surface area contributed by atoms with Crippen molar-refractivity contribution in [3.8, 4) is 5.75 Å². The number of hydrogen-bond donors (Lipinski definition) is 1. The van der Waals surface area contributed by atoms with Gasteiger partial charge in [-0.15, -0.1) is 0 Å². The van der Waals surface area contributed by atoms with Crippen LogP contribution < -0.4 is 4.74 Å². The van der Waals surface area contributed by atoms with Gasteiger partial charge < -0.3 is 9.84 Å². The quantitative estimate of drug-likeness (QED) is 0.897. The number of aliphatic hydroxyl groups is 1. The fourth-order valence-electron chi connectivity index (χ4n) is 3.52. The molecule has 19 heavy (non-hydrogen) atoms. The highest BCUT2D eigenvalue weighted by Crippen LogP contribution is 2.45. The van der Waals surface area contributed by atoms with E-state index < -0.39 is 0 Å². The van der Waals surface area contributed by atoms with Gasteiger partial charge in [0, 0.05) is 6.61 Å². The summed E-state index contributed by atoms with van der Waals surface area (Å²) < 4.78 is 5.20. The Morgan fingerprint density at radius 3 is 2.53 bits per heavy atom. The van der Waals surface area contributed by atoms with Crippen molar-refractivity contribution in [2.45, 2.75) is 39.5 Å². The van der Waals surface area contributed by atoms with Crippen molar-refractivity contribution < 1.29 is 9.84 Å². The molecule has 0 aromatic heterocycles. The van der Waals surface area contributed by atoms with Gasteiger partial charge in [0.25, 0.3) is 0 Å². The summed E-state index contributed by atoms with van der Waals surface area (Å²) in [6.07, 6.45) is 4.74. The standard InChI is InChI=1S/C17H26O2/c1-17(2)10-4-5-14(12-18)16(17)11-13-6-8-15(19-3)9-7-13/h6-9,14,16,18H,4-5,10-12H2,1-3H3. The van der Waals surface area contributed by atoms with Crippen LogP contribution in [0.2, 0.25) is 0 Å². The minimum absolute atomic E-state index is 0.324. The van der Waals surface area contributed by atoms with E-state index in [0.29, 0.717) is 23.9 Å². The molecule has 0 saturated heterocycles. The van der Waals surface area contributed by atoms with Crippen LogP contribution in [0.4, 0.5) is 0 Å². The highest BCUT2D eigenvalue weighted by molar-refractivity contribution is 5.27. The Hall–Kier alpha value is -1.02. The van der Waals surface area contributed by atoms with Crippen LogP contribution in [0.5, 0.6) is 5.75 Å². The van der Waals surface area contributed by atoms with Gasteiger partial charge >= 0.3 is 0 Å². The summed E-state index contributed by atoms with van der Waals surface area (Å²) in [5.74, 6) is 1.93. The second-order valence-corrected chi connectivity index (χ2v) is 6.48. The molecule has 0 radical (unpaired) electrons. The molecule has 1 aromatic carbocycles. The third-order valence-corrected chi connectivity index (χ3v) is 4.82. The second kappa shape index (κ2) is 5.96. The first-order valence-electron chi connectivity index (χ1n) is 7.30. The van der Waals surface area contributed by atoms with Gasteiger partial charge in [-0.25, -0.2) is 0 Å². The van der Waals surface area contributed by atoms with Gasteiger partial charge in [0.05, 0.1) is 7.11 Å². The summed E-state index contributed by atoms with van der Waals surface area (Å²) in [4.78, 5) is 0. The molecule has 1 aliphatic rings. The van der Waals surface area contributed by atoms with E-state index in [1.165, 1.54) is 24.8 Å². The minimum Gasteiger partial charge on any atom is -0.497 e. The Morgan fingerprint density at radius 2 is 1.95 bits per heavy atom. The highest BCUT2D eigenvalue weighted by atomic mass is 16.5. The molecule has 106 valence electrons. The van der Waals surface area contributed by atoms with Crippen LogP contribution in [0.25, 0.3) is 0 Å². The number of ether oxygens (including phenoxy) is 1. The van der Waals surface area contributed by atoms with Crippen LogP contribution in [-0.4, -0.2) is 18.8 Å². The first-order valence-corrected chi connectivity index (χ1v) is 7.30. The molecule has 1 aliphatic carbocycles. The fraction of sp³-hybridized carbons (Fsp3) is 0.647. The molecule has 2 nitrogen and oxygen atoms in total. The molecular formula is C17H26O2. The lowest BCUT2D eigenvalue weighted by molar-refractivity contribution is 0.0377. The van der Waals surface area contributed by atoms with Crippen LogP contribution in [-0.2, 0) is 6.42 Å². The Morgan fingerprint density at radius 1 is 1.26 bits per heavy atom. The van der Waals surface area contributed by atoms with Crippen molar-refractivity contribution >= 4 is 0 Å². The van der Waals surface area contributed by atoms with E-state index in [9.17, 15) is 5.11 Å². The average molecular weight is 262 g/mol. The minimum atomic E-state index is 0.324. The van der Waals surface area contributed by atoms with Crippen LogP contribution in [0.3, 0.4) is 0 Å². The molecule has 2 heteroatoms. The molecule has 1 aromatic rings. The third kappa shape index (κ3) is 3.30. The zero-order valence-electron chi connectivity index (χ0n) is 12.4. The molecule has 0 amide bonds. The molecule has 1 saturated carbocycles. The predicted molar refractivity (Wildman–Crippen MR) is 78.4 cm³/mol. The molecule has 0 spiro atoms. The second-order valence-electron chi connectivity index (χ2n) is 6.48. The van der Waals surface area contributed by atoms with Crippen LogP contribution in [0.15, 0.2) is 24.3 Å². The number of rotatable bonds is 4. The van der Waals surface area contributed by atoms with Gasteiger partial charge in [-0.05, 0) is 54.2 Å². The van der Waals surface area contributed by atoms with Gasteiger partial charge in [0.15, 0.2) is 0 Å². The normalized spacial score (nSPS) is 26.1. The van der Waals surface area contributed by atoms with Crippen molar-refractivity contribution in [1.29, 1.82) is 0 Å². The van der Waals surface area contributed by atoms with Gasteiger partial charge in [0.1, 0.15) is 5.75 Å². The molecule has 2 unspecified atom stereocenters. The Balaban J connectivity index is 2.13. The van der Waals surface area contributed by atoms with E-state index in [4.69, 9.17) is 4.74 Å². The number of methoxy groups -OCH3 is 1. The van der Waals surface area contributed by atoms with Crippen molar-refractivity contribution in [3.63, 3.8) is 0 Å². The van der Waals surface area contributed by atoms with Crippen LogP contribution in [0.1, 0.15) is 38.7 Å². The van der Waals surface area contributed by atoms with Gasteiger partial charge in [0.2, 0.25) is 0 Å². The Kier molecular flexibility index (Phi) is 4.51. The topological polar surface area (TPSA) is 29.5 Å². The molecule has 2 rings (SSSR count). The molecule has 0 heterocycles. The number of aliphatic hydroxyl groups excluding tert-OH is 1. The van der Waals surface area contributed by atoms with E-state index in [2.05, 4.69) is 26.0 Å². The third-order valence-electron chi connectivity index (χ3n) is 4.82. The largest absolute Gasteiger partial charge is 0.497 e. The maximum atomic E-state index is 9.63. The van der Waals surface area contributed by atoms with Crippen molar-refractivity contribution in [1.82, 2.24) is 0 Å². The summed E-state index contributed by atoms with van der Waals surface area (Å²) in [5.41, 5.74) is 1.67. The first-order chi connectivity index (χ1) is 9.06. The van der Waals surface area contributed by atoms with E-state index in [1.54, 1.807) is 7.11 Å². The predicted octanol–water partition coefficient (Wildman–Crippen LogP) is 3.67. The fourth-order valence-corrected chi connectivity index (χ4v) is 3.52. The zero-order chi connectivity index (χ0) is 13.9. The van der Waals surface area contributed by atoms with Crippen molar-refractivity contribution in [2.24, 2.45) is 17.3 Å². The summed E-state index contributed by atoms with van der Waals surface area (Å²) >= 11 is 0. The van der Waals surface area contributed by atoms with Gasteiger partial charge in [-0.1, -0.05) is 32.4 Å². The Labute approximate surface area is 116 Å². The highest BCUT2D eigenvalue weighted by Gasteiger charge is 2.38. The Bertz CT molecular complexity index is 394. The maximum absolute atomic E-state index is 9.63. The molecule has 1 fully saturated rings. The smallest absolute Gasteiger partial charge is 0.118 e. The maximum Gasteiger partial charge on any atom is 0.118 e. The summed E-state index contributed by atoms with van der Waals surface area (Å²) in [5, 5.41) is 9.63. The number of benzene rings is 1. The van der Waals surface area contributed by atoms with Crippen LogP contribution >= 0.6 is 0 Å². The van der Waals surface area contributed by atoms with Crippen molar-refractivity contribution in [2.75, 3.05) is 13.7 Å². The summed E-state index contributed by atoms with van der Waals surface area (Å²) in [6, 6.07) is 8.36. The summed E-state index contributed by atoms with van der Waals surface area (Å²) in [7, 11) is 1.70. The first kappa shape index (κ1) is 14.4. The molecule has 2 atom stereocenters. The molecule has 0 bridgehead atoms. The monoisotopic (exact) mass is 262 g/mol. The van der Waals surface area contributed by atoms with Gasteiger partial charge in [-0.3, -0.25) is 0 Å². The SMILES string of the molecule is COc1ccc(CC2C(CO)CCCC2(C)C)cc1. The van der Waals surface area contributed by atoms with E-state index in [-0.39, 0.29) is 0 Å². The van der Waals surface area contributed by atoms with Gasteiger partial charge in [-0.2, -0.15) is 0 Å². The summed E-state index contributed by atoms with van der Waals surface area (Å²) in [6.45, 7) is 5.02.